The Balaban J connectivity index is 2.48. The van der Waals surface area contributed by atoms with E-state index in [0.717, 1.165) is 12.1 Å². The fraction of sp³-hybridized carbons (Fsp3) is 0.333. The maximum Gasteiger partial charge on any atom is 0.416 e. The molecule has 8 heteroatoms. The summed E-state index contributed by atoms with van der Waals surface area (Å²) < 4.78 is 37.5. The molecule has 110 valence electrons. The van der Waals surface area contributed by atoms with Gasteiger partial charge in [-0.2, -0.15) is 13.2 Å². The number of carbonyl (C=O) groups excluding carboxylic acids is 1. The first-order valence-electron chi connectivity index (χ1n) is 5.71. The molecule has 1 aromatic rings. The van der Waals surface area contributed by atoms with E-state index in [1.807, 2.05) is 0 Å². The van der Waals surface area contributed by atoms with E-state index in [2.05, 4.69) is 10.6 Å². The second-order valence-electron chi connectivity index (χ2n) is 3.94. The molecule has 1 aromatic carbocycles. The van der Waals surface area contributed by atoms with Gasteiger partial charge in [0.25, 0.3) is 0 Å². The molecule has 0 spiro atoms. The summed E-state index contributed by atoms with van der Waals surface area (Å²) in [6.45, 7) is 0.290. The maximum absolute atomic E-state index is 12.5. The second kappa shape index (κ2) is 7.09. The van der Waals surface area contributed by atoms with Gasteiger partial charge in [-0.1, -0.05) is 6.07 Å². The topological polar surface area (TPSA) is 64.2 Å². The molecule has 0 aliphatic carbocycles. The molecule has 4 nitrogen and oxygen atoms in total. The standard InChI is InChI=1S/C12H13F3N2O2S/c13-12(14,15)8-3-1-4-9(7-8)17-11(20)16-6-2-5-10(18)19/h1,3-4,7H,2,5-6H2,(H,18,19)(H2,16,17,20)/p-1. The first-order valence-corrected chi connectivity index (χ1v) is 6.12. The zero-order valence-electron chi connectivity index (χ0n) is 10.3. The Labute approximate surface area is 119 Å². The van der Waals surface area contributed by atoms with Gasteiger partial charge < -0.3 is 20.5 Å². The maximum atomic E-state index is 12.5. The van der Waals surface area contributed by atoms with Gasteiger partial charge in [-0.05, 0) is 43.3 Å². The van der Waals surface area contributed by atoms with Crippen LogP contribution in [0.15, 0.2) is 24.3 Å². The predicted molar refractivity (Wildman–Crippen MR) is 69.9 cm³/mol. The van der Waals surface area contributed by atoms with Crippen LogP contribution in [0.1, 0.15) is 18.4 Å². The molecule has 0 atom stereocenters. The minimum Gasteiger partial charge on any atom is -0.550 e. The lowest BCUT2D eigenvalue weighted by Gasteiger charge is -2.12. The fourth-order valence-electron chi connectivity index (χ4n) is 1.38. The summed E-state index contributed by atoms with van der Waals surface area (Å²) in [5.74, 6) is -1.16. The molecule has 0 saturated carbocycles. The van der Waals surface area contributed by atoms with Crippen LogP contribution < -0.4 is 15.7 Å². The fourth-order valence-corrected chi connectivity index (χ4v) is 1.60. The molecule has 0 aliphatic heterocycles. The highest BCUT2D eigenvalue weighted by molar-refractivity contribution is 7.80. The molecular weight excluding hydrogens is 293 g/mol. The molecule has 0 saturated heterocycles. The largest absolute Gasteiger partial charge is 0.550 e. The van der Waals surface area contributed by atoms with E-state index >= 15 is 0 Å². The van der Waals surface area contributed by atoms with Crippen LogP contribution in [0, 0.1) is 0 Å². The van der Waals surface area contributed by atoms with Gasteiger partial charge in [0.2, 0.25) is 0 Å². The van der Waals surface area contributed by atoms with Crippen molar-refractivity contribution in [2.24, 2.45) is 0 Å². The molecule has 0 amide bonds. The molecule has 20 heavy (non-hydrogen) atoms. The molecule has 1 rings (SSSR count). The summed E-state index contributed by atoms with van der Waals surface area (Å²) in [5, 5.41) is 15.6. The zero-order chi connectivity index (χ0) is 15.2. The zero-order valence-corrected chi connectivity index (χ0v) is 11.1. The highest BCUT2D eigenvalue weighted by atomic mass is 32.1. The quantitative estimate of drug-likeness (QED) is 0.638. The summed E-state index contributed by atoms with van der Waals surface area (Å²) in [6, 6.07) is 4.62. The average Bonchev–Trinajstić information content (AvgIpc) is 2.34. The van der Waals surface area contributed by atoms with E-state index < -0.39 is 17.7 Å². The van der Waals surface area contributed by atoms with Crippen molar-refractivity contribution in [2.75, 3.05) is 11.9 Å². The number of thiocarbonyl (C=S) groups is 1. The van der Waals surface area contributed by atoms with Crippen molar-refractivity contribution in [2.45, 2.75) is 19.0 Å². The number of carboxylic acid groups (broad SMARTS) is 1. The molecule has 0 aromatic heterocycles. The van der Waals surface area contributed by atoms with Crippen molar-refractivity contribution in [3.63, 3.8) is 0 Å². The van der Waals surface area contributed by atoms with Gasteiger partial charge in [0.05, 0.1) is 5.56 Å². The van der Waals surface area contributed by atoms with Crippen molar-refractivity contribution in [3.05, 3.63) is 29.8 Å². The first kappa shape index (κ1) is 16.2. The number of hydrogen-bond donors (Lipinski definition) is 2. The van der Waals surface area contributed by atoms with Gasteiger partial charge in [0, 0.05) is 18.2 Å². The van der Waals surface area contributed by atoms with Gasteiger partial charge in [-0.25, -0.2) is 0 Å². The van der Waals surface area contributed by atoms with Gasteiger partial charge in [-0.15, -0.1) is 0 Å². The molecule has 0 bridgehead atoms. The second-order valence-corrected chi connectivity index (χ2v) is 4.34. The van der Waals surface area contributed by atoms with Crippen LogP contribution in [0.4, 0.5) is 18.9 Å². The molecular formula is C12H12F3N2O2S-. The van der Waals surface area contributed by atoms with Crippen LogP contribution in [0.25, 0.3) is 0 Å². The van der Waals surface area contributed by atoms with Crippen molar-refractivity contribution in [1.82, 2.24) is 5.32 Å². The van der Waals surface area contributed by atoms with Crippen LogP contribution in [-0.4, -0.2) is 17.6 Å². The Hall–Kier alpha value is -1.83. The number of carbonyl (C=O) groups is 1. The number of alkyl halides is 3. The lowest BCUT2D eigenvalue weighted by Crippen LogP contribution is -2.30. The summed E-state index contributed by atoms with van der Waals surface area (Å²) in [4.78, 5) is 10.2. The van der Waals surface area contributed by atoms with Gasteiger partial charge in [0.15, 0.2) is 5.11 Å². The minimum absolute atomic E-state index is 0.112. The Bertz CT molecular complexity index is 492. The van der Waals surface area contributed by atoms with Crippen LogP contribution in [0.2, 0.25) is 0 Å². The molecule has 0 radical (unpaired) electrons. The third kappa shape index (κ3) is 5.87. The Morgan fingerprint density at radius 2 is 2.05 bits per heavy atom. The molecule has 0 fully saturated rings. The molecule has 0 aliphatic rings. The average molecular weight is 305 g/mol. The van der Waals surface area contributed by atoms with Crippen molar-refractivity contribution in [1.29, 1.82) is 0 Å². The predicted octanol–water partition coefficient (Wildman–Crippen LogP) is 1.52. The highest BCUT2D eigenvalue weighted by Gasteiger charge is 2.30. The van der Waals surface area contributed by atoms with Crippen LogP contribution >= 0.6 is 12.2 Å². The van der Waals surface area contributed by atoms with Gasteiger partial charge in [-0.3, -0.25) is 0 Å². The number of nitrogens with one attached hydrogen (secondary N) is 2. The third-order valence-electron chi connectivity index (χ3n) is 2.29. The van der Waals surface area contributed by atoms with E-state index in [0.29, 0.717) is 13.0 Å². The number of benzene rings is 1. The Morgan fingerprint density at radius 3 is 2.65 bits per heavy atom. The highest BCUT2D eigenvalue weighted by Crippen LogP contribution is 2.30. The SMILES string of the molecule is O=C([O-])CCCNC(=S)Nc1cccc(C(F)(F)F)c1. The van der Waals surface area contributed by atoms with Gasteiger partial charge >= 0.3 is 6.18 Å². The van der Waals surface area contributed by atoms with Crippen LogP contribution in [0.5, 0.6) is 0 Å². The number of halogens is 3. The summed E-state index contributed by atoms with van der Waals surface area (Å²) in [5.41, 5.74) is -0.570. The monoisotopic (exact) mass is 305 g/mol. The normalized spacial score (nSPS) is 10.9. The number of rotatable bonds is 5. The smallest absolute Gasteiger partial charge is 0.416 e. The number of hydrogen-bond acceptors (Lipinski definition) is 3. The summed E-state index contributed by atoms with van der Waals surface area (Å²) in [6.07, 6.45) is -4.22. The van der Waals surface area contributed by atoms with Crippen molar-refractivity contribution < 1.29 is 23.1 Å². The van der Waals surface area contributed by atoms with E-state index in [4.69, 9.17) is 12.2 Å². The first-order chi connectivity index (χ1) is 9.29. The molecule has 2 N–H and O–H groups in total. The van der Waals surface area contributed by atoms with Crippen molar-refractivity contribution >= 4 is 29.0 Å². The van der Waals surface area contributed by atoms with E-state index in [1.165, 1.54) is 12.1 Å². The lowest BCUT2D eigenvalue weighted by atomic mass is 10.2. The minimum atomic E-state index is -4.42. The Morgan fingerprint density at radius 1 is 1.35 bits per heavy atom. The molecule has 0 heterocycles. The molecule has 0 unspecified atom stereocenters. The third-order valence-corrected chi connectivity index (χ3v) is 2.54. The van der Waals surface area contributed by atoms with E-state index in [-0.39, 0.29) is 17.2 Å². The number of carboxylic acids is 1. The van der Waals surface area contributed by atoms with Crippen molar-refractivity contribution in [3.8, 4) is 0 Å². The van der Waals surface area contributed by atoms with E-state index in [1.54, 1.807) is 0 Å². The van der Waals surface area contributed by atoms with Crippen LogP contribution in [-0.2, 0) is 11.0 Å². The van der Waals surface area contributed by atoms with Gasteiger partial charge in [0.1, 0.15) is 0 Å². The van der Waals surface area contributed by atoms with Crippen LogP contribution in [0.3, 0.4) is 0 Å². The number of aliphatic carboxylic acids is 1. The lowest BCUT2D eigenvalue weighted by molar-refractivity contribution is -0.305. The number of anilines is 1. The van der Waals surface area contributed by atoms with E-state index in [9.17, 15) is 23.1 Å². The summed E-state index contributed by atoms with van der Waals surface area (Å²) >= 11 is 4.89. The Kier molecular flexibility index (Phi) is 5.75. The summed E-state index contributed by atoms with van der Waals surface area (Å²) in [7, 11) is 0.